The fourth-order valence-corrected chi connectivity index (χ4v) is 4.39. The van der Waals surface area contributed by atoms with Crippen LogP contribution >= 0.6 is 0 Å². The number of amides is 1. The largest absolute Gasteiger partial charge is 0.496 e. The second kappa shape index (κ2) is 9.66. The second-order valence-corrected chi connectivity index (χ2v) is 8.85. The van der Waals surface area contributed by atoms with Crippen molar-refractivity contribution < 1.29 is 17.9 Å². The number of rotatable bonds is 8. The van der Waals surface area contributed by atoms with E-state index in [1.807, 2.05) is 32.0 Å². The second-order valence-electron chi connectivity index (χ2n) is 7.16. The van der Waals surface area contributed by atoms with Crippen molar-refractivity contribution in [3.63, 3.8) is 0 Å². The SMILES string of the molecule is CC[C@@H](NC(=O)c1cccc(NS(=O)(=O)c2ccccc2)c1)c1ccc(OC)c(C)c1. The molecule has 3 aromatic carbocycles. The van der Waals surface area contributed by atoms with Crippen molar-refractivity contribution in [2.75, 3.05) is 11.8 Å². The number of nitrogens with one attached hydrogen (secondary N) is 2. The molecule has 0 aliphatic rings. The van der Waals surface area contributed by atoms with Crippen molar-refractivity contribution >= 4 is 21.6 Å². The van der Waals surface area contributed by atoms with E-state index in [-0.39, 0.29) is 16.8 Å². The van der Waals surface area contributed by atoms with Crippen molar-refractivity contribution in [2.45, 2.75) is 31.2 Å². The highest BCUT2D eigenvalue weighted by Gasteiger charge is 2.17. The van der Waals surface area contributed by atoms with Gasteiger partial charge in [-0.3, -0.25) is 9.52 Å². The van der Waals surface area contributed by atoms with Crippen LogP contribution in [0.4, 0.5) is 5.69 Å². The zero-order valence-corrected chi connectivity index (χ0v) is 18.6. The van der Waals surface area contributed by atoms with Gasteiger partial charge in [0.25, 0.3) is 15.9 Å². The Morgan fingerprint density at radius 2 is 1.74 bits per heavy atom. The lowest BCUT2D eigenvalue weighted by atomic mass is 10.0. The van der Waals surface area contributed by atoms with E-state index in [0.29, 0.717) is 17.7 Å². The number of hydrogen-bond acceptors (Lipinski definition) is 4. The third kappa shape index (κ3) is 5.44. The quantitative estimate of drug-likeness (QED) is 0.535. The summed E-state index contributed by atoms with van der Waals surface area (Å²) in [6, 6.07) is 20.2. The molecule has 0 spiro atoms. The summed E-state index contributed by atoms with van der Waals surface area (Å²) in [5.41, 5.74) is 2.67. The molecule has 0 fully saturated rings. The highest BCUT2D eigenvalue weighted by atomic mass is 32.2. The number of ether oxygens (including phenoxy) is 1. The molecule has 0 heterocycles. The number of hydrogen-bond donors (Lipinski definition) is 2. The van der Waals surface area contributed by atoms with Gasteiger partial charge in [-0.1, -0.05) is 43.3 Å². The number of methoxy groups -OCH3 is 1. The van der Waals surface area contributed by atoms with Crippen LogP contribution in [0.3, 0.4) is 0 Å². The maximum absolute atomic E-state index is 12.9. The number of carbonyl (C=O) groups is 1. The fourth-order valence-electron chi connectivity index (χ4n) is 3.32. The third-order valence-corrected chi connectivity index (χ3v) is 6.36. The molecule has 1 amide bonds. The molecule has 3 rings (SSSR count). The van der Waals surface area contributed by atoms with Crippen molar-refractivity contribution in [3.05, 3.63) is 89.5 Å². The lowest BCUT2D eigenvalue weighted by Gasteiger charge is -2.19. The molecule has 31 heavy (non-hydrogen) atoms. The zero-order valence-electron chi connectivity index (χ0n) is 17.8. The maximum atomic E-state index is 12.9. The van der Waals surface area contributed by atoms with Gasteiger partial charge in [-0.2, -0.15) is 0 Å². The highest BCUT2D eigenvalue weighted by Crippen LogP contribution is 2.25. The lowest BCUT2D eigenvalue weighted by molar-refractivity contribution is 0.0935. The number of sulfonamides is 1. The predicted molar refractivity (Wildman–Crippen MR) is 122 cm³/mol. The molecule has 0 unspecified atom stereocenters. The summed E-state index contributed by atoms with van der Waals surface area (Å²) in [5, 5.41) is 3.03. The first-order valence-corrected chi connectivity index (χ1v) is 11.5. The Bertz CT molecular complexity index is 1160. The minimum Gasteiger partial charge on any atom is -0.496 e. The van der Waals surface area contributed by atoms with Crippen LogP contribution in [-0.2, 0) is 10.0 Å². The predicted octanol–water partition coefficient (Wildman–Crippen LogP) is 4.69. The van der Waals surface area contributed by atoms with Crippen LogP contribution in [-0.4, -0.2) is 21.4 Å². The first-order valence-electron chi connectivity index (χ1n) is 9.97. The Balaban J connectivity index is 1.77. The van der Waals surface area contributed by atoms with Crippen molar-refractivity contribution in [3.8, 4) is 5.75 Å². The Hall–Kier alpha value is -3.32. The molecule has 0 aliphatic carbocycles. The molecule has 7 heteroatoms. The van der Waals surface area contributed by atoms with Gasteiger partial charge in [-0.05, 0) is 60.9 Å². The Labute approximate surface area is 183 Å². The van der Waals surface area contributed by atoms with E-state index >= 15 is 0 Å². The van der Waals surface area contributed by atoms with Crippen LogP contribution in [0.15, 0.2) is 77.7 Å². The Morgan fingerprint density at radius 3 is 2.39 bits per heavy atom. The zero-order chi connectivity index (χ0) is 22.4. The molecule has 0 bridgehead atoms. The minimum atomic E-state index is -3.73. The molecule has 0 saturated heterocycles. The van der Waals surface area contributed by atoms with Gasteiger partial charge in [0.05, 0.1) is 18.0 Å². The summed E-state index contributed by atoms with van der Waals surface area (Å²) >= 11 is 0. The molecule has 6 nitrogen and oxygen atoms in total. The van der Waals surface area contributed by atoms with Gasteiger partial charge in [-0.25, -0.2) is 8.42 Å². The van der Waals surface area contributed by atoms with Crippen LogP contribution in [0.25, 0.3) is 0 Å². The molecule has 1 atom stereocenters. The topological polar surface area (TPSA) is 84.5 Å². The standard InChI is InChI=1S/C24H26N2O4S/c1-4-22(18-13-14-23(30-3)17(2)15-18)25-24(27)19-9-8-10-20(16-19)26-31(28,29)21-11-6-5-7-12-21/h5-16,22,26H,4H2,1-3H3,(H,25,27)/t22-/m1/s1. The first kappa shape index (κ1) is 22.4. The summed E-state index contributed by atoms with van der Waals surface area (Å²) in [6.07, 6.45) is 0.706. The van der Waals surface area contributed by atoms with Crippen molar-refractivity contribution in [2.24, 2.45) is 0 Å². The van der Waals surface area contributed by atoms with Gasteiger partial charge in [0.1, 0.15) is 5.75 Å². The van der Waals surface area contributed by atoms with Crippen LogP contribution in [0.1, 0.15) is 40.9 Å². The molecule has 0 radical (unpaired) electrons. The van der Waals surface area contributed by atoms with Crippen LogP contribution < -0.4 is 14.8 Å². The summed E-state index contributed by atoms with van der Waals surface area (Å²) in [5.74, 6) is 0.518. The molecule has 0 aliphatic heterocycles. The average molecular weight is 439 g/mol. The van der Waals surface area contributed by atoms with E-state index in [2.05, 4.69) is 10.0 Å². The van der Waals surface area contributed by atoms with E-state index < -0.39 is 10.0 Å². The van der Waals surface area contributed by atoms with Gasteiger partial charge >= 0.3 is 0 Å². The van der Waals surface area contributed by atoms with Gasteiger partial charge in [-0.15, -0.1) is 0 Å². The number of carbonyl (C=O) groups excluding carboxylic acids is 1. The maximum Gasteiger partial charge on any atom is 0.261 e. The molecular formula is C24H26N2O4S. The van der Waals surface area contributed by atoms with E-state index in [1.54, 1.807) is 43.5 Å². The smallest absolute Gasteiger partial charge is 0.261 e. The minimum absolute atomic E-state index is 0.158. The average Bonchev–Trinajstić information content (AvgIpc) is 2.77. The third-order valence-electron chi connectivity index (χ3n) is 4.97. The van der Waals surface area contributed by atoms with Crippen molar-refractivity contribution in [1.29, 1.82) is 0 Å². The van der Waals surface area contributed by atoms with Crippen LogP contribution in [0.5, 0.6) is 5.75 Å². The van der Waals surface area contributed by atoms with Crippen molar-refractivity contribution in [1.82, 2.24) is 5.32 Å². The molecule has 2 N–H and O–H groups in total. The Kier molecular flexibility index (Phi) is 6.97. The normalized spacial score (nSPS) is 12.1. The molecule has 162 valence electrons. The van der Waals surface area contributed by atoms with Crippen LogP contribution in [0, 0.1) is 6.92 Å². The van der Waals surface area contributed by atoms with Gasteiger partial charge < -0.3 is 10.1 Å². The summed E-state index contributed by atoms with van der Waals surface area (Å²) in [7, 11) is -2.11. The summed E-state index contributed by atoms with van der Waals surface area (Å²) in [4.78, 5) is 13.0. The first-order chi connectivity index (χ1) is 14.8. The van der Waals surface area contributed by atoms with Gasteiger partial charge in [0.15, 0.2) is 0 Å². The molecule has 3 aromatic rings. The molecule has 0 saturated carbocycles. The Morgan fingerprint density at radius 1 is 1.00 bits per heavy atom. The van der Waals surface area contributed by atoms with Gasteiger partial charge in [0.2, 0.25) is 0 Å². The monoisotopic (exact) mass is 438 g/mol. The van der Waals surface area contributed by atoms with Gasteiger partial charge in [0, 0.05) is 11.3 Å². The van der Waals surface area contributed by atoms with E-state index in [9.17, 15) is 13.2 Å². The highest BCUT2D eigenvalue weighted by molar-refractivity contribution is 7.92. The lowest BCUT2D eigenvalue weighted by Crippen LogP contribution is -2.28. The van der Waals surface area contributed by atoms with Crippen LogP contribution in [0.2, 0.25) is 0 Å². The summed E-state index contributed by atoms with van der Waals surface area (Å²) < 4.78 is 32.9. The number of aryl methyl sites for hydroxylation is 1. The molecular weight excluding hydrogens is 412 g/mol. The number of anilines is 1. The summed E-state index contributed by atoms with van der Waals surface area (Å²) in [6.45, 7) is 3.95. The molecule has 0 aromatic heterocycles. The number of benzene rings is 3. The van der Waals surface area contributed by atoms with E-state index in [4.69, 9.17) is 4.74 Å². The van der Waals surface area contributed by atoms with E-state index in [1.165, 1.54) is 18.2 Å². The van der Waals surface area contributed by atoms with E-state index in [0.717, 1.165) is 16.9 Å². The fraction of sp³-hybridized carbons (Fsp3) is 0.208.